The summed E-state index contributed by atoms with van der Waals surface area (Å²) >= 11 is 3.26. The van der Waals surface area contributed by atoms with Gasteiger partial charge in [0.2, 0.25) is 0 Å². The van der Waals surface area contributed by atoms with Crippen molar-refractivity contribution in [3.63, 3.8) is 0 Å². The maximum atomic E-state index is 14.3. The SMILES string of the molecule is CC(C)(C)C1CCC(C(NN)c2cccc(Br)c2F)CC1. The Morgan fingerprint density at radius 1 is 1.24 bits per heavy atom. The molecule has 1 unspecified atom stereocenters. The van der Waals surface area contributed by atoms with Crippen molar-refractivity contribution in [1.29, 1.82) is 0 Å². The summed E-state index contributed by atoms with van der Waals surface area (Å²) in [6, 6.07) is 5.32. The molecule has 3 N–H and O–H groups in total. The van der Waals surface area contributed by atoms with Gasteiger partial charge in [-0.2, -0.15) is 0 Å². The number of hydrogen-bond donors (Lipinski definition) is 2. The number of hydrazine groups is 1. The molecule has 0 heterocycles. The molecule has 1 aromatic carbocycles. The third kappa shape index (κ3) is 3.85. The normalized spacial score (nSPS) is 24.9. The van der Waals surface area contributed by atoms with E-state index in [1.54, 1.807) is 6.07 Å². The number of nitrogens with one attached hydrogen (secondary N) is 1. The Morgan fingerprint density at radius 3 is 2.38 bits per heavy atom. The fourth-order valence-corrected chi connectivity index (χ4v) is 3.94. The minimum absolute atomic E-state index is 0.108. The number of benzene rings is 1. The molecular weight excluding hydrogens is 331 g/mol. The average Bonchev–Trinajstić information content (AvgIpc) is 2.44. The van der Waals surface area contributed by atoms with E-state index in [0.29, 0.717) is 21.4 Å². The van der Waals surface area contributed by atoms with Crippen molar-refractivity contribution < 1.29 is 4.39 Å². The maximum Gasteiger partial charge on any atom is 0.142 e. The lowest BCUT2D eigenvalue weighted by Crippen LogP contribution is -2.37. The predicted molar refractivity (Wildman–Crippen MR) is 89.1 cm³/mol. The summed E-state index contributed by atoms with van der Waals surface area (Å²) in [4.78, 5) is 0. The first-order chi connectivity index (χ1) is 9.84. The molecule has 1 aromatic rings. The number of rotatable bonds is 3. The highest BCUT2D eigenvalue weighted by atomic mass is 79.9. The summed E-state index contributed by atoms with van der Waals surface area (Å²) in [5, 5.41) is 0. The van der Waals surface area contributed by atoms with Crippen LogP contribution in [-0.4, -0.2) is 0 Å². The van der Waals surface area contributed by atoms with Crippen molar-refractivity contribution in [3.05, 3.63) is 34.1 Å². The molecule has 0 radical (unpaired) electrons. The minimum Gasteiger partial charge on any atom is -0.271 e. The summed E-state index contributed by atoms with van der Waals surface area (Å²) in [6.45, 7) is 6.93. The van der Waals surface area contributed by atoms with Crippen molar-refractivity contribution in [3.8, 4) is 0 Å². The van der Waals surface area contributed by atoms with Crippen LogP contribution in [0.4, 0.5) is 4.39 Å². The molecular formula is C17H26BrFN2. The number of halogens is 2. The van der Waals surface area contributed by atoms with Gasteiger partial charge >= 0.3 is 0 Å². The summed E-state index contributed by atoms with van der Waals surface area (Å²) in [5.74, 6) is 6.70. The Morgan fingerprint density at radius 2 is 1.86 bits per heavy atom. The van der Waals surface area contributed by atoms with Crippen LogP contribution in [0.2, 0.25) is 0 Å². The van der Waals surface area contributed by atoms with Crippen LogP contribution in [0, 0.1) is 23.1 Å². The van der Waals surface area contributed by atoms with Gasteiger partial charge in [-0.1, -0.05) is 32.9 Å². The molecule has 2 nitrogen and oxygen atoms in total. The quantitative estimate of drug-likeness (QED) is 0.594. The van der Waals surface area contributed by atoms with Gasteiger partial charge in [-0.3, -0.25) is 11.3 Å². The Balaban J connectivity index is 2.12. The van der Waals surface area contributed by atoms with Crippen molar-refractivity contribution in [2.24, 2.45) is 23.1 Å². The second-order valence-electron chi connectivity index (χ2n) is 7.27. The summed E-state index contributed by atoms with van der Waals surface area (Å²) in [5.41, 5.74) is 3.88. The summed E-state index contributed by atoms with van der Waals surface area (Å²) in [7, 11) is 0. The van der Waals surface area contributed by atoms with E-state index in [1.165, 1.54) is 12.8 Å². The molecule has 4 heteroatoms. The van der Waals surface area contributed by atoms with Crippen LogP contribution in [0.1, 0.15) is 58.1 Å². The molecule has 1 atom stereocenters. The van der Waals surface area contributed by atoms with Gasteiger partial charge in [0.15, 0.2) is 0 Å². The van der Waals surface area contributed by atoms with Crippen LogP contribution in [0.3, 0.4) is 0 Å². The van der Waals surface area contributed by atoms with E-state index >= 15 is 0 Å². The molecule has 21 heavy (non-hydrogen) atoms. The molecule has 0 spiro atoms. The largest absolute Gasteiger partial charge is 0.271 e. The van der Waals surface area contributed by atoms with Crippen LogP contribution in [0.15, 0.2) is 22.7 Å². The van der Waals surface area contributed by atoms with Crippen molar-refractivity contribution in [2.75, 3.05) is 0 Å². The van der Waals surface area contributed by atoms with E-state index in [4.69, 9.17) is 5.84 Å². The molecule has 1 aliphatic carbocycles. The molecule has 0 bridgehead atoms. The van der Waals surface area contributed by atoms with E-state index in [1.807, 2.05) is 12.1 Å². The van der Waals surface area contributed by atoms with E-state index in [0.717, 1.165) is 18.8 Å². The molecule has 0 amide bonds. The monoisotopic (exact) mass is 356 g/mol. The standard InChI is InChI=1S/C17H26BrFN2/c1-17(2,3)12-9-7-11(8-10-12)16(21-20)13-5-4-6-14(18)15(13)19/h4-6,11-12,16,21H,7-10,20H2,1-3H3. The minimum atomic E-state index is -0.196. The zero-order chi connectivity index (χ0) is 15.6. The highest BCUT2D eigenvalue weighted by Crippen LogP contribution is 2.43. The molecule has 1 fully saturated rings. The van der Waals surface area contributed by atoms with Gasteiger partial charge in [0.05, 0.1) is 10.5 Å². The zero-order valence-electron chi connectivity index (χ0n) is 13.1. The molecule has 0 aliphatic heterocycles. The highest BCUT2D eigenvalue weighted by molar-refractivity contribution is 9.10. The lowest BCUT2D eigenvalue weighted by molar-refractivity contribution is 0.132. The van der Waals surface area contributed by atoms with Crippen molar-refractivity contribution >= 4 is 15.9 Å². The summed E-state index contributed by atoms with van der Waals surface area (Å²) < 4.78 is 14.8. The van der Waals surface area contributed by atoms with Crippen LogP contribution < -0.4 is 11.3 Å². The first-order valence-electron chi connectivity index (χ1n) is 7.74. The first kappa shape index (κ1) is 16.9. The fraction of sp³-hybridized carbons (Fsp3) is 0.647. The second kappa shape index (κ2) is 6.76. The van der Waals surface area contributed by atoms with Crippen LogP contribution in [0.25, 0.3) is 0 Å². The lowest BCUT2D eigenvalue weighted by atomic mass is 9.68. The first-order valence-corrected chi connectivity index (χ1v) is 8.54. The zero-order valence-corrected chi connectivity index (χ0v) is 14.7. The summed E-state index contributed by atoms with van der Waals surface area (Å²) in [6.07, 6.45) is 4.59. The maximum absolute atomic E-state index is 14.3. The molecule has 118 valence electrons. The predicted octanol–water partition coefficient (Wildman–Crippen LogP) is 4.95. The molecule has 0 saturated heterocycles. The van der Waals surface area contributed by atoms with Gasteiger partial charge < -0.3 is 0 Å². The van der Waals surface area contributed by atoms with Crippen LogP contribution in [0.5, 0.6) is 0 Å². The van der Waals surface area contributed by atoms with Crippen molar-refractivity contribution in [2.45, 2.75) is 52.5 Å². The topological polar surface area (TPSA) is 38.0 Å². The smallest absolute Gasteiger partial charge is 0.142 e. The van der Waals surface area contributed by atoms with E-state index in [2.05, 4.69) is 42.1 Å². The van der Waals surface area contributed by atoms with Crippen molar-refractivity contribution in [1.82, 2.24) is 5.43 Å². The van der Waals surface area contributed by atoms with E-state index in [-0.39, 0.29) is 11.9 Å². The Kier molecular flexibility index (Phi) is 5.44. The van der Waals surface area contributed by atoms with Gasteiger partial charge in [-0.25, -0.2) is 4.39 Å². The molecule has 2 rings (SSSR count). The molecule has 1 aliphatic rings. The van der Waals surface area contributed by atoms with Gasteiger partial charge in [0.25, 0.3) is 0 Å². The second-order valence-corrected chi connectivity index (χ2v) is 8.12. The van der Waals surface area contributed by atoms with E-state index in [9.17, 15) is 4.39 Å². The Bertz CT molecular complexity index is 476. The number of nitrogens with two attached hydrogens (primary N) is 1. The van der Waals surface area contributed by atoms with Gasteiger partial charge in [0.1, 0.15) is 5.82 Å². The Labute approximate surface area is 135 Å². The van der Waals surface area contributed by atoms with Crippen LogP contribution >= 0.6 is 15.9 Å². The third-order valence-electron chi connectivity index (χ3n) is 4.96. The lowest BCUT2D eigenvalue weighted by Gasteiger charge is -2.39. The third-order valence-corrected chi connectivity index (χ3v) is 5.58. The van der Waals surface area contributed by atoms with Gasteiger partial charge in [-0.15, -0.1) is 0 Å². The number of hydrogen-bond acceptors (Lipinski definition) is 2. The van der Waals surface area contributed by atoms with E-state index < -0.39 is 0 Å². The van der Waals surface area contributed by atoms with Crippen LogP contribution in [-0.2, 0) is 0 Å². The fourth-order valence-electron chi connectivity index (χ4n) is 3.56. The average molecular weight is 357 g/mol. The highest BCUT2D eigenvalue weighted by Gasteiger charge is 2.34. The molecule has 0 aromatic heterocycles. The van der Waals surface area contributed by atoms with Gasteiger partial charge in [-0.05, 0) is 64.9 Å². The Hall–Kier alpha value is -0.450. The van der Waals surface area contributed by atoms with Gasteiger partial charge in [0, 0.05) is 5.56 Å². The molecule has 1 saturated carbocycles.